The summed E-state index contributed by atoms with van der Waals surface area (Å²) in [6.07, 6.45) is 2.25. The van der Waals surface area contributed by atoms with E-state index in [9.17, 15) is 9.59 Å². The third-order valence-electron chi connectivity index (χ3n) is 4.29. The van der Waals surface area contributed by atoms with E-state index in [4.69, 9.17) is 14.2 Å². The summed E-state index contributed by atoms with van der Waals surface area (Å²) in [5, 5.41) is 0. The fourth-order valence-electron chi connectivity index (χ4n) is 2.74. The van der Waals surface area contributed by atoms with Gasteiger partial charge in [-0.05, 0) is 54.8 Å². The van der Waals surface area contributed by atoms with Gasteiger partial charge in [0, 0.05) is 6.61 Å². The quantitative estimate of drug-likeness (QED) is 0.696. The molecule has 142 valence electrons. The first-order chi connectivity index (χ1) is 13.2. The van der Waals surface area contributed by atoms with Gasteiger partial charge in [0.1, 0.15) is 19.0 Å². The van der Waals surface area contributed by atoms with Crippen LogP contribution in [-0.2, 0) is 20.8 Å². The molecule has 0 bridgehead atoms. The Balaban J connectivity index is 1.48. The van der Waals surface area contributed by atoms with Crippen LogP contribution in [0.25, 0.3) is 0 Å². The minimum Gasteiger partial charge on any atom is -0.491 e. The van der Waals surface area contributed by atoms with Crippen LogP contribution >= 0.6 is 0 Å². The van der Waals surface area contributed by atoms with Crippen molar-refractivity contribution in [1.29, 1.82) is 0 Å². The highest BCUT2D eigenvalue weighted by Crippen LogP contribution is 2.17. The van der Waals surface area contributed by atoms with Gasteiger partial charge in [-0.2, -0.15) is 0 Å². The fourth-order valence-corrected chi connectivity index (χ4v) is 2.74. The maximum atomic E-state index is 12.2. The zero-order valence-corrected chi connectivity index (χ0v) is 15.2. The van der Waals surface area contributed by atoms with Gasteiger partial charge in [-0.25, -0.2) is 9.59 Å². The minimum atomic E-state index is -0.419. The third kappa shape index (κ3) is 5.31. The Kier molecular flexibility index (Phi) is 6.44. The van der Waals surface area contributed by atoms with Crippen molar-refractivity contribution in [2.75, 3.05) is 20.3 Å². The molecule has 27 heavy (non-hydrogen) atoms. The monoisotopic (exact) mass is 370 g/mol. The maximum Gasteiger partial charge on any atom is 0.338 e. The van der Waals surface area contributed by atoms with Crippen molar-refractivity contribution in [1.82, 2.24) is 0 Å². The van der Waals surface area contributed by atoms with E-state index < -0.39 is 11.9 Å². The summed E-state index contributed by atoms with van der Waals surface area (Å²) in [7, 11) is 1.33. The lowest BCUT2D eigenvalue weighted by molar-refractivity contribution is 0.0471. The molecule has 1 aliphatic rings. The van der Waals surface area contributed by atoms with E-state index >= 15 is 0 Å². The Morgan fingerprint density at radius 1 is 1.00 bits per heavy atom. The van der Waals surface area contributed by atoms with E-state index in [1.54, 1.807) is 48.5 Å². The van der Waals surface area contributed by atoms with E-state index in [0.717, 1.165) is 25.0 Å². The highest BCUT2D eigenvalue weighted by molar-refractivity contribution is 5.90. The Hall–Kier alpha value is -2.86. The first kappa shape index (κ1) is 18.9. The molecule has 0 N–H and O–H groups in total. The molecule has 1 unspecified atom stereocenters. The first-order valence-corrected chi connectivity index (χ1v) is 8.84. The van der Waals surface area contributed by atoms with Crippen LogP contribution < -0.4 is 4.74 Å². The molecule has 1 heterocycles. The van der Waals surface area contributed by atoms with Crippen LogP contribution in [-0.4, -0.2) is 38.4 Å². The van der Waals surface area contributed by atoms with Crippen molar-refractivity contribution < 1.29 is 28.5 Å². The normalized spacial score (nSPS) is 16.0. The Labute approximate surface area is 158 Å². The van der Waals surface area contributed by atoms with Gasteiger partial charge >= 0.3 is 11.9 Å². The molecule has 6 heteroatoms. The minimum absolute atomic E-state index is 0.123. The van der Waals surface area contributed by atoms with E-state index in [2.05, 4.69) is 4.74 Å². The van der Waals surface area contributed by atoms with Crippen molar-refractivity contribution in [3.63, 3.8) is 0 Å². The molecule has 2 aromatic rings. The lowest BCUT2D eigenvalue weighted by Crippen LogP contribution is -2.16. The molecule has 0 radical (unpaired) electrons. The van der Waals surface area contributed by atoms with Gasteiger partial charge in [-0.3, -0.25) is 0 Å². The number of rotatable bonds is 7. The molecular formula is C21H22O6. The number of hydrogen-bond acceptors (Lipinski definition) is 6. The molecular weight excluding hydrogens is 348 g/mol. The molecule has 1 aliphatic heterocycles. The predicted octanol–water partition coefficient (Wildman–Crippen LogP) is 3.39. The van der Waals surface area contributed by atoms with Crippen molar-refractivity contribution in [2.24, 2.45) is 0 Å². The molecule has 0 aromatic heterocycles. The van der Waals surface area contributed by atoms with E-state index in [1.807, 2.05) is 0 Å². The summed E-state index contributed by atoms with van der Waals surface area (Å²) < 4.78 is 21.1. The first-order valence-electron chi connectivity index (χ1n) is 8.84. The number of benzene rings is 2. The second-order valence-corrected chi connectivity index (χ2v) is 6.24. The van der Waals surface area contributed by atoms with Gasteiger partial charge in [0.05, 0.1) is 24.3 Å². The smallest absolute Gasteiger partial charge is 0.338 e. The van der Waals surface area contributed by atoms with Gasteiger partial charge in [0.15, 0.2) is 0 Å². The van der Waals surface area contributed by atoms with Crippen LogP contribution in [0, 0.1) is 0 Å². The summed E-state index contributed by atoms with van der Waals surface area (Å²) in [5.41, 5.74) is 1.68. The Morgan fingerprint density at radius 2 is 1.67 bits per heavy atom. The van der Waals surface area contributed by atoms with Crippen molar-refractivity contribution in [3.05, 3.63) is 65.2 Å². The predicted molar refractivity (Wildman–Crippen MR) is 97.8 cm³/mol. The summed E-state index contributed by atoms with van der Waals surface area (Å²) in [6, 6.07) is 13.6. The lowest BCUT2D eigenvalue weighted by Gasteiger charge is -2.11. The van der Waals surface area contributed by atoms with Crippen LogP contribution in [0.3, 0.4) is 0 Å². The summed E-state index contributed by atoms with van der Waals surface area (Å²) in [5.74, 6) is -0.126. The zero-order chi connectivity index (χ0) is 19.1. The van der Waals surface area contributed by atoms with Gasteiger partial charge in [0.25, 0.3) is 0 Å². The van der Waals surface area contributed by atoms with Crippen LogP contribution in [0.15, 0.2) is 48.5 Å². The fraction of sp³-hybridized carbons (Fsp3) is 0.333. The molecule has 0 spiro atoms. The molecule has 6 nitrogen and oxygen atoms in total. The topological polar surface area (TPSA) is 71.1 Å². The highest BCUT2D eigenvalue weighted by atomic mass is 16.5. The molecule has 1 fully saturated rings. The molecule has 0 aliphatic carbocycles. The zero-order valence-electron chi connectivity index (χ0n) is 15.2. The molecule has 1 saturated heterocycles. The SMILES string of the molecule is COC(=O)c1ccc(COC(=O)c2ccc(OCC3CCCO3)cc2)cc1. The van der Waals surface area contributed by atoms with Gasteiger partial charge in [-0.15, -0.1) is 0 Å². The van der Waals surface area contributed by atoms with Crippen LogP contribution in [0.4, 0.5) is 0 Å². The maximum absolute atomic E-state index is 12.2. The lowest BCUT2D eigenvalue weighted by atomic mass is 10.1. The largest absolute Gasteiger partial charge is 0.491 e. The second-order valence-electron chi connectivity index (χ2n) is 6.24. The number of methoxy groups -OCH3 is 1. The number of ether oxygens (including phenoxy) is 4. The third-order valence-corrected chi connectivity index (χ3v) is 4.29. The van der Waals surface area contributed by atoms with Crippen LogP contribution in [0.5, 0.6) is 5.75 Å². The average Bonchev–Trinajstić information content (AvgIpc) is 3.24. The van der Waals surface area contributed by atoms with E-state index in [0.29, 0.717) is 23.5 Å². The molecule has 3 rings (SSSR count). The van der Waals surface area contributed by atoms with Crippen molar-refractivity contribution >= 4 is 11.9 Å². The average molecular weight is 370 g/mol. The summed E-state index contributed by atoms with van der Waals surface area (Å²) in [4.78, 5) is 23.6. The summed E-state index contributed by atoms with van der Waals surface area (Å²) in [6.45, 7) is 1.44. The molecule has 0 amide bonds. The standard InChI is InChI=1S/C21H22O6/c1-24-20(22)16-6-4-15(5-7-16)13-27-21(23)17-8-10-18(11-9-17)26-14-19-3-2-12-25-19/h4-11,19H,2-3,12-14H2,1H3. The number of carbonyl (C=O) groups excluding carboxylic acids is 2. The van der Waals surface area contributed by atoms with Gasteiger partial charge < -0.3 is 18.9 Å². The number of hydrogen-bond donors (Lipinski definition) is 0. The van der Waals surface area contributed by atoms with Gasteiger partial charge in [0.2, 0.25) is 0 Å². The number of esters is 2. The Bertz CT molecular complexity index is 760. The van der Waals surface area contributed by atoms with Crippen LogP contribution in [0.2, 0.25) is 0 Å². The highest BCUT2D eigenvalue weighted by Gasteiger charge is 2.16. The van der Waals surface area contributed by atoms with Crippen LogP contribution in [0.1, 0.15) is 39.1 Å². The van der Waals surface area contributed by atoms with Crippen molar-refractivity contribution in [2.45, 2.75) is 25.6 Å². The number of carbonyl (C=O) groups is 2. The second kappa shape index (κ2) is 9.19. The van der Waals surface area contributed by atoms with E-state index in [-0.39, 0.29) is 12.7 Å². The van der Waals surface area contributed by atoms with Gasteiger partial charge in [-0.1, -0.05) is 12.1 Å². The Morgan fingerprint density at radius 3 is 2.30 bits per heavy atom. The molecule has 2 aromatic carbocycles. The summed E-state index contributed by atoms with van der Waals surface area (Å²) >= 11 is 0. The van der Waals surface area contributed by atoms with E-state index in [1.165, 1.54) is 7.11 Å². The molecule has 0 saturated carbocycles. The van der Waals surface area contributed by atoms with Crippen molar-refractivity contribution in [3.8, 4) is 5.75 Å². The molecule has 1 atom stereocenters.